The van der Waals surface area contributed by atoms with Gasteiger partial charge in [0.05, 0.1) is 0 Å². The van der Waals surface area contributed by atoms with Crippen LogP contribution in [-0.2, 0) is 0 Å². The van der Waals surface area contributed by atoms with Crippen LogP contribution in [0.5, 0.6) is 0 Å². The Kier molecular flexibility index (Phi) is 4.07. The van der Waals surface area contributed by atoms with E-state index in [1.54, 1.807) is 0 Å². The van der Waals surface area contributed by atoms with Crippen molar-refractivity contribution in [3.63, 3.8) is 0 Å². The van der Waals surface area contributed by atoms with Gasteiger partial charge in [0.25, 0.3) is 0 Å². The molecule has 0 aromatic rings. The Balaban J connectivity index is 4.07. The fraction of sp³-hybridized carbons (Fsp3) is 0.889. The number of urea groups is 1. The first-order valence-corrected chi connectivity index (χ1v) is 4.47. The fourth-order valence-electron chi connectivity index (χ4n) is 1.23. The molecule has 0 aromatic heterocycles. The predicted octanol–water partition coefficient (Wildman–Crippen LogP) is 1.87. The van der Waals surface area contributed by atoms with Crippen LogP contribution < -0.4 is 11.1 Å². The van der Waals surface area contributed by atoms with Crippen molar-refractivity contribution >= 4 is 6.03 Å². The largest absolute Gasteiger partial charge is 0.352 e. The maximum absolute atomic E-state index is 10.6. The predicted molar refractivity (Wildman–Crippen MR) is 50.9 cm³/mol. The van der Waals surface area contributed by atoms with Crippen LogP contribution in [-0.4, -0.2) is 11.6 Å². The van der Waals surface area contributed by atoms with Gasteiger partial charge in [0, 0.05) is 5.54 Å². The lowest BCUT2D eigenvalue weighted by Gasteiger charge is -2.32. The van der Waals surface area contributed by atoms with Crippen LogP contribution in [0.15, 0.2) is 0 Å². The van der Waals surface area contributed by atoms with E-state index in [0.717, 1.165) is 12.8 Å². The quantitative estimate of drug-likeness (QED) is 0.668. The first-order chi connectivity index (χ1) is 5.40. The van der Waals surface area contributed by atoms with Crippen molar-refractivity contribution in [2.75, 3.05) is 0 Å². The number of nitrogens with one attached hydrogen (secondary N) is 1. The second kappa shape index (κ2) is 4.33. The number of carbonyl (C=O) groups is 1. The first-order valence-electron chi connectivity index (χ1n) is 4.47. The van der Waals surface area contributed by atoms with Crippen LogP contribution in [0.4, 0.5) is 4.79 Å². The van der Waals surface area contributed by atoms with Crippen LogP contribution in [0.1, 0.15) is 40.5 Å². The zero-order valence-electron chi connectivity index (χ0n) is 8.48. The van der Waals surface area contributed by atoms with Gasteiger partial charge in [0.1, 0.15) is 0 Å². The number of amides is 2. The fourth-order valence-corrected chi connectivity index (χ4v) is 1.23. The molecular weight excluding hydrogens is 152 g/mol. The van der Waals surface area contributed by atoms with Gasteiger partial charge < -0.3 is 11.1 Å². The Morgan fingerprint density at radius 1 is 1.58 bits per heavy atom. The van der Waals surface area contributed by atoms with Crippen molar-refractivity contribution in [1.82, 2.24) is 5.32 Å². The molecule has 0 aliphatic carbocycles. The maximum Gasteiger partial charge on any atom is 0.312 e. The molecule has 0 aromatic carbocycles. The third-order valence-corrected chi connectivity index (χ3v) is 2.40. The van der Waals surface area contributed by atoms with Gasteiger partial charge in [-0.3, -0.25) is 0 Å². The zero-order valence-corrected chi connectivity index (χ0v) is 8.48. The van der Waals surface area contributed by atoms with Gasteiger partial charge in [0.2, 0.25) is 0 Å². The summed E-state index contributed by atoms with van der Waals surface area (Å²) in [5, 5.41) is 2.74. The summed E-state index contributed by atoms with van der Waals surface area (Å²) in [5.74, 6) is 0.454. The molecule has 0 aliphatic heterocycles. The van der Waals surface area contributed by atoms with Crippen molar-refractivity contribution < 1.29 is 4.79 Å². The third-order valence-electron chi connectivity index (χ3n) is 2.40. The van der Waals surface area contributed by atoms with Crippen molar-refractivity contribution in [2.45, 2.75) is 46.1 Å². The van der Waals surface area contributed by atoms with Crippen LogP contribution in [0.2, 0.25) is 0 Å². The average Bonchev–Trinajstić information content (AvgIpc) is 1.85. The van der Waals surface area contributed by atoms with E-state index >= 15 is 0 Å². The van der Waals surface area contributed by atoms with Crippen molar-refractivity contribution in [3.8, 4) is 0 Å². The number of primary amides is 1. The molecule has 0 radical (unpaired) electrons. The molecule has 12 heavy (non-hydrogen) atoms. The summed E-state index contributed by atoms with van der Waals surface area (Å²) >= 11 is 0. The Labute approximate surface area is 74.7 Å². The van der Waals surface area contributed by atoms with Gasteiger partial charge >= 0.3 is 6.03 Å². The van der Waals surface area contributed by atoms with Crippen molar-refractivity contribution in [3.05, 3.63) is 0 Å². The van der Waals surface area contributed by atoms with E-state index in [-0.39, 0.29) is 5.54 Å². The second-order valence-corrected chi connectivity index (χ2v) is 3.90. The second-order valence-electron chi connectivity index (χ2n) is 3.90. The Bertz CT molecular complexity index is 155. The maximum atomic E-state index is 10.6. The van der Waals surface area contributed by atoms with Gasteiger partial charge in [-0.1, -0.05) is 20.3 Å². The molecule has 3 heteroatoms. The highest BCUT2D eigenvalue weighted by molar-refractivity contribution is 5.72. The summed E-state index contributed by atoms with van der Waals surface area (Å²) in [6.45, 7) is 8.26. The minimum Gasteiger partial charge on any atom is -0.352 e. The molecule has 0 heterocycles. The molecule has 0 bridgehead atoms. The third kappa shape index (κ3) is 3.60. The molecule has 0 fully saturated rings. The van der Waals surface area contributed by atoms with E-state index < -0.39 is 6.03 Å². The molecule has 0 saturated carbocycles. The monoisotopic (exact) mass is 172 g/mol. The van der Waals surface area contributed by atoms with E-state index in [1.165, 1.54) is 0 Å². The van der Waals surface area contributed by atoms with Gasteiger partial charge in [-0.2, -0.15) is 0 Å². The number of hydrogen-bond acceptors (Lipinski definition) is 1. The van der Waals surface area contributed by atoms with Crippen molar-refractivity contribution in [1.29, 1.82) is 0 Å². The lowest BCUT2D eigenvalue weighted by atomic mass is 9.86. The Morgan fingerprint density at radius 3 is 2.42 bits per heavy atom. The van der Waals surface area contributed by atoms with Gasteiger partial charge in [-0.15, -0.1) is 0 Å². The SMILES string of the molecule is CCCC(C)C(C)(C)NC(N)=O. The van der Waals surface area contributed by atoms with E-state index in [4.69, 9.17) is 5.73 Å². The van der Waals surface area contributed by atoms with Crippen LogP contribution in [0.25, 0.3) is 0 Å². The normalized spacial score (nSPS) is 14.0. The highest BCUT2D eigenvalue weighted by Crippen LogP contribution is 2.20. The molecular formula is C9H20N2O. The van der Waals surface area contributed by atoms with Gasteiger partial charge in [-0.05, 0) is 26.2 Å². The smallest absolute Gasteiger partial charge is 0.312 e. The lowest BCUT2D eigenvalue weighted by Crippen LogP contribution is -2.50. The summed E-state index contributed by atoms with van der Waals surface area (Å²) in [6.07, 6.45) is 2.23. The highest BCUT2D eigenvalue weighted by Gasteiger charge is 2.25. The highest BCUT2D eigenvalue weighted by atomic mass is 16.2. The topological polar surface area (TPSA) is 55.1 Å². The summed E-state index contributed by atoms with van der Waals surface area (Å²) < 4.78 is 0. The number of nitrogens with two attached hydrogens (primary N) is 1. The lowest BCUT2D eigenvalue weighted by molar-refractivity contribution is 0.218. The van der Waals surface area contributed by atoms with Crippen LogP contribution >= 0.6 is 0 Å². The van der Waals surface area contributed by atoms with Crippen molar-refractivity contribution in [2.24, 2.45) is 11.7 Å². The molecule has 1 atom stereocenters. The van der Waals surface area contributed by atoms with Gasteiger partial charge in [-0.25, -0.2) is 4.79 Å². The van der Waals surface area contributed by atoms with E-state index in [9.17, 15) is 4.79 Å². The molecule has 0 saturated heterocycles. The van der Waals surface area contributed by atoms with Crippen LogP contribution in [0, 0.1) is 5.92 Å². The Morgan fingerprint density at radius 2 is 2.08 bits per heavy atom. The van der Waals surface area contributed by atoms with Crippen LogP contribution in [0.3, 0.4) is 0 Å². The summed E-state index contributed by atoms with van der Waals surface area (Å²) in [4.78, 5) is 10.6. The zero-order chi connectivity index (χ0) is 9.78. The molecule has 72 valence electrons. The summed E-state index contributed by atoms with van der Waals surface area (Å²) in [6, 6.07) is -0.442. The van der Waals surface area contributed by atoms with E-state index in [2.05, 4.69) is 19.2 Å². The molecule has 0 rings (SSSR count). The minimum atomic E-state index is -0.442. The molecule has 3 N–H and O–H groups in total. The van der Waals surface area contributed by atoms with E-state index in [1.807, 2.05) is 13.8 Å². The molecule has 0 spiro atoms. The molecule has 3 nitrogen and oxygen atoms in total. The molecule has 1 unspecified atom stereocenters. The molecule has 0 aliphatic rings. The first kappa shape index (κ1) is 11.3. The average molecular weight is 172 g/mol. The summed E-state index contributed by atoms with van der Waals surface area (Å²) in [5.41, 5.74) is 4.87. The Hall–Kier alpha value is -0.730. The summed E-state index contributed by atoms with van der Waals surface area (Å²) in [7, 11) is 0. The number of hydrogen-bond donors (Lipinski definition) is 2. The molecule has 2 amide bonds. The number of rotatable bonds is 4. The minimum absolute atomic E-state index is 0.193. The van der Waals surface area contributed by atoms with Gasteiger partial charge in [0.15, 0.2) is 0 Å². The standard InChI is InChI=1S/C9H20N2O/c1-5-6-7(2)9(3,4)11-8(10)12/h7H,5-6H2,1-4H3,(H3,10,11,12). The number of carbonyl (C=O) groups excluding carboxylic acids is 1. The van der Waals surface area contributed by atoms with E-state index in [0.29, 0.717) is 5.92 Å².